The van der Waals surface area contributed by atoms with Crippen LogP contribution in [0, 0.1) is 26.6 Å². The van der Waals surface area contributed by atoms with E-state index in [-0.39, 0.29) is 17.1 Å². The van der Waals surface area contributed by atoms with Gasteiger partial charge < -0.3 is 4.98 Å². The minimum Gasteiger partial charge on any atom is -0.323 e. The minimum absolute atomic E-state index is 0.269. The van der Waals surface area contributed by atoms with E-state index < -0.39 is 0 Å². The molecule has 1 aromatic carbocycles. The summed E-state index contributed by atoms with van der Waals surface area (Å²) in [5, 5.41) is 0. The molecule has 0 saturated carbocycles. The highest BCUT2D eigenvalue weighted by Crippen LogP contribution is 2.20. The van der Waals surface area contributed by atoms with E-state index in [1.165, 1.54) is 12.1 Å². The largest absolute Gasteiger partial charge is 0.323 e. The summed E-state index contributed by atoms with van der Waals surface area (Å²) in [6, 6.07) is 4.34. The maximum absolute atomic E-state index is 13.2. The second-order valence-electron chi connectivity index (χ2n) is 4.08. The predicted octanol–water partition coefficient (Wildman–Crippen LogP) is 2.50. The van der Waals surface area contributed by atoms with Gasteiger partial charge in [0.25, 0.3) is 5.56 Å². The smallest absolute Gasteiger partial charge is 0.274 e. The Morgan fingerprint density at radius 2 is 1.94 bits per heavy atom. The first-order chi connectivity index (χ1) is 7.99. The van der Waals surface area contributed by atoms with Gasteiger partial charge in [-0.25, -0.2) is 9.37 Å². The highest BCUT2D eigenvalue weighted by Gasteiger charge is 2.10. The molecule has 0 aliphatic heterocycles. The molecule has 1 N–H and O–H groups in total. The van der Waals surface area contributed by atoms with Crippen molar-refractivity contribution in [1.82, 2.24) is 9.97 Å². The van der Waals surface area contributed by atoms with Crippen LogP contribution >= 0.6 is 0 Å². The highest BCUT2D eigenvalue weighted by molar-refractivity contribution is 5.62. The number of nitrogens with one attached hydrogen (secondary N) is 1. The van der Waals surface area contributed by atoms with Gasteiger partial charge in [-0.05, 0) is 38.5 Å². The molecule has 0 fully saturated rings. The zero-order valence-corrected chi connectivity index (χ0v) is 9.97. The summed E-state index contributed by atoms with van der Waals surface area (Å²) >= 11 is 0. The second-order valence-corrected chi connectivity index (χ2v) is 4.08. The Morgan fingerprint density at radius 3 is 2.65 bits per heavy atom. The van der Waals surface area contributed by atoms with E-state index in [0.29, 0.717) is 5.56 Å². The van der Waals surface area contributed by atoms with Crippen LogP contribution in [0.5, 0.6) is 0 Å². The summed E-state index contributed by atoms with van der Waals surface area (Å²) in [5.41, 5.74) is 2.81. The fraction of sp³-hybridized carbons (Fsp3) is 0.231. The highest BCUT2D eigenvalue weighted by atomic mass is 19.1. The van der Waals surface area contributed by atoms with Crippen molar-refractivity contribution in [1.29, 1.82) is 0 Å². The van der Waals surface area contributed by atoms with Crippen molar-refractivity contribution in [2.24, 2.45) is 0 Å². The average molecular weight is 232 g/mol. The number of aromatic amines is 1. The standard InChI is InChI=1S/C13H13FN2O/c1-7-4-5-10(14)6-11(7)12-13(17)16-9(3)8(2)15-12/h4-6H,1-3H3,(H,16,17). The van der Waals surface area contributed by atoms with Crippen LogP contribution in [0.1, 0.15) is 17.0 Å². The van der Waals surface area contributed by atoms with Gasteiger partial charge in [-0.2, -0.15) is 0 Å². The fourth-order valence-corrected chi connectivity index (χ4v) is 1.65. The summed E-state index contributed by atoms with van der Waals surface area (Å²) in [4.78, 5) is 18.8. The van der Waals surface area contributed by atoms with E-state index in [1.54, 1.807) is 13.0 Å². The SMILES string of the molecule is Cc1ccc(F)cc1-c1nc(C)c(C)[nH]c1=O. The number of aryl methyl sites for hydroxylation is 3. The molecule has 17 heavy (non-hydrogen) atoms. The fourth-order valence-electron chi connectivity index (χ4n) is 1.65. The molecule has 1 aromatic heterocycles. The predicted molar refractivity (Wildman–Crippen MR) is 64.5 cm³/mol. The van der Waals surface area contributed by atoms with Gasteiger partial charge in [0.05, 0.1) is 5.69 Å². The summed E-state index contributed by atoms with van der Waals surface area (Å²) in [6.07, 6.45) is 0. The van der Waals surface area contributed by atoms with Crippen molar-refractivity contribution in [3.8, 4) is 11.3 Å². The zero-order valence-electron chi connectivity index (χ0n) is 9.97. The van der Waals surface area contributed by atoms with Crippen molar-refractivity contribution >= 4 is 0 Å². The van der Waals surface area contributed by atoms with E-state index in [2.05, 4.69) is 9.97 Å². The molecular formula is C13H13FN2O. The van der Waals surface area contributed by atoms with Gasteiger partial charge in [0.1, 0.15) is 11.5 Å². The Balaban J connectivity index is 2.72. The van der Waals surface area contributed by atoms with Crippen LogP contribution < -0.4 is 5.56 Å². The number of rotatable bonds is 1. The minimum atomic E-state index is -0.370. The van der Waals surface area contributed by atoms with Gasteiger partial charge in [0, 0.05) is 11.3 Å². The Hall–Kier alpha value is -1.97. The van der Waals surface area contributed by atoms with Gasteiger partial charge in [-0.15, -0.1) is 0 Å². The molecule has 0 aliphatic rings. The molecule has 0 radical (unpaired) electrons. The van der Waals surface area contributed by atoms with E-state index >= 15 is 0 Å². The number of hydrogen-bond donors (Lipinski definition) is 1. The van der Waals surface area contributed by atoms with Gasteiger partial charge in [0.2, 0.25) is 0 Å². The molecule has 88 valence electrons. The molecule has 0 unspecified atom stereocenters. The zero-order chi connectivity index (χ0) is 12.6. The molecule has 0 aliphatic carbocycles. The van der Waals surface area contributed by atoms with Crippen LogP contribution in [0.25, 0.3) is 11.3 Å². The quantitative estimate of drug-likeness (QED) is 0.821. The Kier molecular flexibility index (Phi) is 2.79. The van der Waals surface area contributed by atoms with Crippen LogP contribution in [0.15, 0.2) is 23.0 Å². The van der Waals surface area contributed by atoms with E-state index in [0.717, 1.165) is 17.0 Å². The summed E-state index contributed by atoms with van der Waals surface area (Å²) in [6.45, 7) is 5.42. The molecule has 3 nitrogen and oxygen atoms in total. The van der Waals surface area contributed by atoms with Crippen LogP contribution in [-0.2, 0) is 0 Å². The van der Waals surface area contributed by atoms with Gasteiger partial charge >= 0.3 is 0 Å². The first-order valence-electron chi connectivity index (χ1n) is 5.33. The average Bonchev–Trinajstić information content (AvgIpc) is 2.27. The Labute approximate surface area is 98.3 Å². The number of aromatic nitrogens is 2. The summed E-state index contributed by atoms with van der Waals surface area (Å²) in [7, 11) is 0. The molecule has 1 heterocycles. The van der Waals surface area contributed by atoms with Crippen LogP contribution in [0.4, 0.5) is 4.39 Å². The molecule has 0 bridgehead atoms. The van der Waals surface area contributed by atoms with Crippen molar-refractivity contribution in [2.45, 2.75) is 20.8 Å². The number of H-pyrrole nitrogens is 1. The van der Waals surface area contributed by atoms with Gasteiger partial charge in [0.15, 0.2) is 0 Å². The molecule has 4 heteroatoms. The third-order valence-electron chi connectivity index (χ3n) is 2.79. The third kappa shape index (κ3) is 2.11. The lowest BCUT2D eigenvalue weighted by atomic mass is 10.1. The van der Waals surface area contributed by atoms with Crippen molar-refractivity contribution in [2.75, 3.05) is 0 Å². The molecular weight excluding hydrogens is 219 g/mol. The molecule has 0 atom stereocenters. The molecule has 0 saturated heterocycles. The maximum Gasteiger partial charge on any atom is 0.274 e. The lowest BCUT2D eigenvalue weighted by Gasteiger charge is -2.07. The van der Waals surface area contributed by atoms with E-state index in [4.69, 9.17) is 0 Å². The number of nitrogens with zero attached hydrogens (tertiary/aromatic N) is 1. The van der Waals surface area contributed by atoms with Crippen LogP contribution in [0.2, 0.25) is 0 Å². The first-order valence-corrected chi connectivity index (χ1v) is 5.33. The molecule has 2 rings (SSSR count). The summed E-state index contributed by atoms with van der Waals surface area (Å²) in [5.74, 6) is -0.370. The number of hydrogen-bond acceptors (Lipinski definition) is 2. The number of halogens is 1. The molecule has 0 amide bonds. The van der Waals surface area contributed by atoms with E-state index in [1.807, 2.05) is 13.8 Å². The normalized spacial score (nSPS) is 10.6. The molecule has 0 spiro atoms. The lowest BCUT2D eigenvalue weighted by Crippen LogP contribution is -2.15. The van der Waals surface area contributed by atoms with Crippen molar-refractivity contribution in [3.05, 3.63) is 51.3 Å². The lowest BCUT2D eigenvalue weighted by molar-refractivity contribution is 0.628. The maximum atomic E-state index is 13.2. The van der Waals surface area contributed by atoms with Crippen molar-refractivity contribution < 1.29 is 4.39 Å². The van der Waals surface area contributed by atoms with Gasteiger partial charge in [-0.3, -0.25) is 4.79 Å². The second kappa shape index (κ2) is 4.13. The third-order valence-corrected chi connectivity index (χ3v) is 2.79. The topological polar surface area (TPSA) is 45.8 Å². The van der Waals surface area contributed by atoms with Crippen LogP contribution in [0.3, 0.4) is 0 Å². The first kappa shape index (κ1) is 11.5. The molecule has 2 aromatic rings. The monoisotopic (exact) mass is 232 g/mol. The summed E-state index contributed by atoms with van der Waals surface area (Å²) < 4.78 is 13.2. The Morgan fingerprint density at radius 1 is 1.24 bits per heavy atom. The number of benzene rings is 1. The Bertz CT molecular complexity index is 632. The van der Waals surface area contributed by atoms with Crippen molar-refractivity contribution in [3.63, 3.8) is 0 Å². The van der Waals surface area contributed by atoms with Gasteiger partial charge in [-0.1, -0.05) is 6.07 Å². The van der Waals surface area contributed by atoms with E-state index in [9.17, 15) is 9.18 Å². The van der Waals surface area contributed by atoms with Crippen LogP contribution in [-0.4, -0.2) is 9.97 Å².